The molecule has 0 saturated carbocycles. The van der Waals surface area contributed by atoms with Gasteiger partial charge in [-0.3, -0.25) is 0 Å². The van der Waals surface area contributed by atoms with E-state index in [1.165, 1.54) is 11.3 Å². The van der Waals surface area contributed by atoms with E-state index in [0.717, 1.165) is 27.1 Å². The van der Waals surface area contributed by atoms with Crippen molar-refractivity contribution in [2.75, 3.05) is 0 Å². The van der Waals surface area contributed by atoms with Crippen molar-refractivity contribution < 1.29 is 0 Å². The van der Waals surface area contributed by atoms with Gasteiger partial charge >= 0.3 is 0 Å². The van der Waals surface area contributed by atoms with Crippen LogP contribution in [0.5, 0.6) is 0 Å². The van der Waals surface area contributed by atoms with Crippen molar-refractivity contribution in [2.24, 2.45) is 10.2 Å². The van der Waals surface area contributed by atoms with E-state index in [2.05, 4.69) is 25.2 Å². The number of thiazole rings is 1. The molecule has 1 N–H and O–H groups in total. The number of H-pyrrole nitrogens is 1. The maximum atomic E-state index is 4.54. The molecular weight excluding hydrogens is 294 g/mol. The van der Waals surface area contributed by atoms with Crippen molar-refractivity contribution in [3.05, 3.63) is 54.4 Å². The van der Waals surface area contributed by atoms with Gasteiger partial charge in [0.2, 0.25) is 5.13 Å². The van der Waals surface area contributed by atoms with Crippen LogP contribution in [0.25, 0.3) is 21.3 Å². The molecule has 1 unspecified atom stereocenters. The Labute approximate surface area is 130 Å². The van der Waals surface area contributed by atoms with Gasteiger partial charge in [-0.1, -0.05) is 35.6 Å². The first-order valence-electron chi connectivity index (χ1n) is 7.01. The third-order valence-corrected chi connectivity index (χ3v) is 4.32. The van der Waals surface area contributed by atoms with Gasteiger partial charge in [-0.15, -0.1) is 5.11 Å². The van der Waals surface area contributed by atoms with Gasteiger partial charge in [-0.05, 0) is 31.2 Å². The molecule has 0 aliphatic rings. The Bertz CT molecular complexity index is 903. The summed E-state index contributed by atoms with van der Waals surface area (Å²) in [5.41, 5.74) is 2.91. The van der Waals surface area contributed by atoms with E-state index in [1.54, 1.807) is 0 Å². The summed E-state index contributed by atoms with van der Waals surface area (Å²) >= 11 is 1.54. The third-order valence-electron chi connectivity index (χ3n) is 3.40. The molecule has 2 heterocycles. The minimum absolute atomic E-state index is 0.139. The largest absolute Gasteiger partial charge is 0.340 e. The lowest BCUT2D eigenvalue weighted by Crippen LogP contribution is -1.90. The number of imidazole rings is 1. The zero-order valence-electron chi connectivity index (χ0n) is 11.9. The van der Waals surface area contributed by atoms with E-state index in [1.807, 2.05) is 55.5 Å². The zero-order chi connectivity index (χ0) is 14.9. The van der Waals surface area contributed by atoms with Crippen LogP contribution in [0.2, 0.25) is 0 Å². The van der Waals surface area contributed by atoms with Gasteiger partial charge in [0.15, 0.2) is 0 Å². The molecule has 0 radical (unpaired) electrons. The minimum Gasteiger partial charge on any atom is -0.340 e. The molecule has 0 spiro atoms. The summed E-state index contributed by atoms with van der Waals surface area (Å²) in [5, 5.41) is 9.27. The second-order valence-electron chi connectivity index (χ2n) is 4.99. The van der Waals surface area contributed by atoms with Crippen molar-refractivity contribution in [2.45, 2.75) is 13.0 Å². The van der Waals surface area contributed by atoms with Gasteiger partial charge in [0.05, 0.1) is 21.3 Å². The molecule has 5 nitrogen and oxygen atoms in total. The fraction of sp³-hybridized carbons (Fsp3) is 0.125. The number of hydrogen-bond acceptors (Lipinski definition) is 5. The number of fused-ring (bicyclic) bond motifs is 2. The van der Waals surface area contributed by atoms with Crippen molar-refractivity contribution >= 4 is 37.7 Å². The molecule has 22 heavy (non-hydrogen) atoms. The van der Waals surface area contributed by atoms with Crippen LogP contribution in [0.15, 0.2) is 58.8 Å². The van der Waals surface area contributed by atoms with Gasteiger partial charge in [-0.25, -0.2) is 9.97 Å². The van der Waals surface area contributed by atoms with Crippen LogP contribution < -0.4 is 0 Å². The van der Waals surface area contributed by atoms with E-state index in [-0.39, 0.29) is 6.04 Å². The highest BCUT2D eigenvalue weighted by Crippen LogP contribution is 2.29. The zero-order valence-corrected chi connectivity index (χ0v) is 12.7. The Balaban J connectivity index is 1.61. The Kier molecular flexibility index (Phi) is 3.16. The number of hydrogen-bond donors (Lipinski definition) is 1. The Morgan fingerprint density at radius 3 is 2.59 bits per heavy atom. The summed E-state index contributed by atoms with van der Waals surface area (Å²) in [6.45, 7) is 1.97. The molecule has 2 aromatic heterocycles. The summed E-state index contributed by atoms with van der Waals surface area (Å²) in [4.78, 5) is 12.3. The molecule has 6 heteroatoms. The Hall–Kier alpha value is -2.60. The molecule has 0 amide bonds. The van der Waals surface area contributed by atoms with Crippen LogP contribution in [-0.2, 0) is 0 Å². The Morgan fingerprint density at radius 1 is 1.00 bits per heavy atom. The van der Waals surface area contributed by atoms with Gasteiger partial charge in [0, 0.05) is 0 Å². The van der Waals surface area contributed by atoms with Crippen molar-refractivity contribution in [3.8, 4) is 0 Å². The standard InChI is InChI=1S/C16H13N5S/c1-10(15-17-11-6-2-3-7-12(11)18-15)20-21-16-19-13-8-4-5-9-14(13)22-16/h2-10H,1H3,(H,17,18). The SMILES string of the molecule is CC(N=Nc1nc2ccccc2s1)c1nc2ccccc2[nH]1. The number of benzene rings is 2. The fourth-order valence-corrected chi connectivity index (χ4v) is 3.06. The number of aromatic nitrogens is 3. The van der Waals surface area contributed by atoms with Crippen molar-refractivity contribution in [1.82, 2.24) is 15.0 Å². The molecule has 4 rings (SSSR count). The van der Waals surface area contributed by atoms with Gasteiger partial charge < -0.3 is 4.98 Å². The number of aromatic amines is 1. The molecule has 0 saturated heterocycles. The summed E-state index contributed by atoms with van der Waals surface area (Å²) in [6.07, 6.45) is 0. The topological polar surface area (TPSA) is 66.3 Å². The predicted octanol–water partition coefficient (Wildman–Crippen LogP) is 5.02. The summed E-state index contributed by atoms with van der Waals surface area (Å²) < 4.78 is 1.12. The average Bonchev–Trinajstić information content (AvgIpc) is 3.15. The average molecular weight is 307 g/mol. The highest BCUT2D eigenvalue weighted by atomic mass is 32.1. The lowest BCUT2D eigenvalue weighted by molar-refractivity contribution is 0.717. The molecule has 108 valence electrons. The number of rotatable bonds is 3. The number of nitrogens with zero attached hydrogens (tertiary/aromatic N) is 4. The predicted molar refractivity (Wildman–Crippen MR) is 88.6 cm³/mol. The van der Waals surface area contributed by atoms with Gasteiger partial charge in [0.25, 0.3) is 0 Å². The van der Waals surface area contributed by atoms with E-state index in [9.17, 15) is 0 Å². The summed E-state index contributed by atoms with van der Waals surface area (Å²) in [5.74, 6) is 0.811. The van der Waals surface area contributed by atoms with Crippen molar-refractivity contribution in [1.29, 1.82) is 0 Å². The first-order chi connectivity index (χ1) is 10.8. The van der Waals surface area contributed by atoms with Crippen LogP contribution in [0, 0.1) is 0 Å². The molecule has 0 bridgehead atoms. The molecular formula is C16H13N5S. The van der Waals surface area contributed by atoms with Gasteiger partial charge in [0.1, 0.15) is 11.9 Å². The normalized spacial score (nSPS) is 13.3. The second-order valence-corrected chi connectivity index (χ2v) is 6.00. The molecule has 0 aliphatic heterocycles. The lowest BCUT2D eigenvalue weighted by Gasteiger charge is -1.98. The summed E-state index contributed by atoms with van der Waals surface area (Å²) in [7, 11) is 0. The highest BCUT2D eigenvalue weighted by Gasteiger charge is 2.10. The van der Waals surface area contributed by atoms with E-state index in [4.69, 9.17) is 0 Å². The number of para-hydroxylation sites is 3. The monoisotopic (exact) mass is 307 g/mol. The van der Waals surface area contributed by atoms with Crippen LogP contribution >= 0.6 is 11.3 Å². The molecule has 2 aromatic carbocycles. The molecule has 0 fully saturated rings. The van der Waals surface area contributed by atoms with E-state index < -0.39 is 0 Å². The smallest absolute Gasteiger partial charge is 0.230 e. The summed E-state index contributed by atoms with van der Waals surface area (Å²) in [6, 6.07) is 15.8. The maximum absolute atomic E-state index is 4.54. The van der Waals surface area contributed by atoms with E-state index in [0.29, 0.717) is 5.13 Å². The number of azo groups is 1. The van der Waals surface area contributed by atoms with Crippen LogP contribution in [0.1, 0.15) is 18.8 Å². The van der Waals surface area contributed by atoms with Crippen LogP contribution in [-0.4, -0.2) is 15.0 Å². The van der Waals surface area contributed by atoms with Gasteiger partial charge in [-0.2, -0.15) is 5.11 Å². The first kappa shape index (κ1) is 13.1. The quantitative estimate of drug-likeness (QED) is 0.540. The third kappa shape index (κ3) is 2.37. The van der Waals surface area contributed by atoms with Crippen LogP contribution in [0.3, 0.4) is 0 Å². The first-order valence-corrected chi connectivity index (χ1v) is 7.82. The Morgan fingerprint density at radius 2 is 1.77 bits per heavy atom. The van der Waals surface area contributed by atoms with Crippen LogP contribution in [0.4, 0.5) is 5.13 Å². The second kappa shape index (κ2) is 5.31. The molecule has 1 atom stereocenters. The maximum Gasteiger partial charge on any atom is 0.230 e. The molecule has 0 aliphatic carbocycles. The highest BCUT2D eigenvalue weighted by molar-refractivity contribution is 7.21. The minimum atomic E-state index is -0.139. The number of nitrogens with one attached hydrogen (secondary N) is 1. The fourth-order valence-electron chi connectivity index (χ4n) is 2.26. The molecule has 4 aromatic rings. The lowest BCUT2D eigenvalue weighted by atomic mass is 10.3. The van der Waals surface area contributed by atoms with Crippen molar-refractivity contribution in [3.63, 3.8) is 0 Å². The van der Waals surface area contributed by atoms with E-state index >= 15 is 0 Å².